The van der Waals surface area contributed by atoms with Crippen LogP contribution in [0.1, 0.15) is 39.9 Å². The molecule has 2 atom stereocenters. The zero-order valence-corrected chi connectivity index (χ0v) is 21.5. The average Bonchev–Trinajstić information content (AvgIpc) is 3.42. The summed E-state index contributed by atoms with van der Waals surface area (Å²) in [4.78, 5) is 37.4. The molecular weight excluding hydrogens is 556 g/mol. The van der Waals surface area contributed by atoms with Gasteiger partial charge in [-0.3, -0.25) is 4.79 Å². The molecule has 0 aliphatic heterocycles. The average molecular weight is 578 g/mol. The number of carbonyl (C=O) groups is 2. The van der Waals surface area contributed by atoms with Gasteiger partial charge in [0, 0.05) is 23.5 Å². The van der Waals surface area contributed by atoms with E-state index in [-0.39, 0.29) is 57.6 Å². The maximum absolute atomic E-state index is 12.6. The number of benzene rings is 2. The topological polar surface area (TPSA) is 117 Å². The van der Waals surface area contributed by atoms with Crippen molar-refractivity contribution in [2.24, 2.45) is 0 Å². The predicted molar refractivity (Wildman–Crippen MR) is 152 cm³/mol. The summed E-state index contributed by atoms with van der Waals surface area (Å²) >= 11 is 13.6. The summed E-state index contributed by atoms with van der Waals surface area (Å²) < 4.78 is 0. The molecule has 1 amide bonds. The molecule has 2 aromatic heterocycles. The molecule has 0 aliphatic rings. The van der Waals surface area contributed by atoms with Crippen LogP contribution in [0.5, 0.6) is 0 Å². The van der Waals surface area contributed by atoms with Gasteiger partial charge in [-0.1, -0.05) is 53.6 Å². The molecule has 0 radical (unpaired) electrons. The molecule has 0 spiro atoms. The van der Waals surface area contributed by atoms with E-state index in [1.54, 1.807) is 42.2 Å². The zero-order chi connectivity index (χ0) is 26.2. The van der Waals surface area contributed by atoms with Crippen LogP contribution in [-0.2, 0) is 4.79 Å². The van der Waals surface area contributed by atoms with Gasteiger partial charge in [0.15, 0.2) is 5.82 Å². The van der Waals surface area contributed by atoms with Crippen molar-refractivity contribution in [1.29, 1.82) is 0 Å². The van der Waals surface area contributed by atoms with E-state index in [9.17, 15) is 14.7 Å². The monoisotopic (exact) mass is 577 g/mol. The van der Waals surface area contributed by atoms with Gasteiger partial charge >= 0.3 is 35.5 Å². The van der Waals surface area contributed by atoms with Crippen molar-refractivity contribution >= 4 is 87.7 Å². The summed E-state index contributed by atoms with van der Waals surface area (Å²) in [6.07, 6.45) is 6.92. The number of carbonyl (C=O) groups excluding carboxylic acids is 1. The van der Waals surface area contributed by atoms with Crippen LogP contribution in [0.25, 0.3) is 6.08 Å². The van der Waals surface area contributed by atoms with Crippen LogP contribution in [0.15, 0.2) is 77.9 Å². The van der Waals surface area contributed by atoms with Crippen LogP contribution in [0, 0.1) is 0 Å². The first-order chi connectivity index (χ1) is 17.9. The molecule has 0 aliphatic carbocycles. The van der Waals surface area contributed by atoms with Crippen LogP contribution in [0.3, 0.4) is 0 Å². The SMILES string of the molecule is O=C(NC(C/C=C/c1ccc(NC(c2cscn2)c2ncccn2)cc1)C(=O)O)c1c(Cl)cccc1Cl.[NaH]. The number of thiazole rings is 1. The maximum atomic E-state index is 12.6. The van der Waals surface area contributed by atoms with Crippen LogP contribution < -0.4 is 10.6 Å². The number of halogens is 2. The molecule has 12 heteroatoms. The fourth-order valence-electron chi connectivity index (χ4n) is 3.46. The fraction of sp³-hybridized carbons (Fsp3) is 0.115. The third-order valence-electron chi connectivity index (χ3n) is 5.29. The number of carboxylic acid groups (broad SMARTS) is 1. The van der Waals surface area contributed by atoms with Gasteiger partial charge in [0.1, 0.15) is 12.1 Å². The second-order valence-electron chi connectivity index (χ2n) is 7.82. The van der Waals surface area contributed by atoms with E-state index in [0.717, 1.165) is 16.9 Å². The number of nitrogens with zero attached hydrogens (tertiary/aromatic N) is 3. The second kappa shape index (κ2) is 14.4. The van der Waals surface area contributed by atoms with E-state index in [0.29, 0.717) is 5.82 Å². The molecule has 38 heavy (non-hydrogen) atoms. The summed E-state index contributed by atoms with van der Waals surface area (Å²) in [6, 6.07) is 12.5. The van der Waals surface area contributed by atoms with E-state index in [2.05, 4.69) is 25.6 Å². The van der Waals surface area contributed by atoms with Gasteiger partial charge in [0.25, 0.3) is 5.91 Å². The second-order valence-corrected chi connectivity index (χ2v) is 9.35. The third-order valence-corrected chi connectivity index (χ3v) is 6.52. The van der Waals surface area contributed by atoms with Crippen molar-refractivity contribution in [3.8, 4) is 0 Å². The van der Waals surface area contributed by atoms with Gasteiger partial charge in [-0.05, 0) is 42.3 Å². The Kier molecular flexibility index (Phi) is 11.3. The molecule has 2 unspecified atom stereocenters. The van der Waals surface area contributed by atoms with Crippen molar-refractivity contribution in [2.45, 2.75) is 18.5 Å². The first-order valence-corrected chi connectivity index (χ1v) is 12.8. The zero-order valence-electron chi connectivity index (χ0n) is 19.2. The van der Waals surface area contributed by atoms with Crippen LogP contribution in [-0.4, -0.2) is 67.5 Å². The van der Waals surface area contributed by atoms with Crippen molar-refractivity contribution in [3.05, 3.63) is 111 Å². The number of amides is 1. The van der Waals surface area contributed by atoms with E-state index < -0.39 is 17.9 Å². The minimum atomic E-state index is -1.17. The van der Waals surface area contributed by atoms with E-state index >= 15 is 0 Å². The molecule has 190 valence electrons. The van der Waals surface area contributed by atoms with Crippen molar-refractivity contribution in [1.82, 2.24) is 20.3 Å². The number of aliphatic carboxylic acids is 1. The molecule has 0 bridgehead atoms. The molecule has 4 aromatic rings. The number of hydrogen-bond acceptors (Lipinski definition) is 7. The number of carboxylic acids is 1. The predicted octanol–water partition coefficient (Wildman–Crippen LogP) is 5.08. The summed E-state index contributed by atoms with van der Waals surface area (Å²) in [6.45, 7) is 0. The molecule has 2 aromatic carbocycles. The Morgan fingerprint density at radius 3 is 2.29 bits per heavy atom. The van der Waals surface area contributed by atoms with Crippen LogP contribution in [0.2, 0.25) is 10.0 Å². The van der Waals surface area contributed by atoms with Gasteiger partial charge in [-0.15, -0.1) is 11.3 Å². The molecular formula is C26H22Cl2N5NaO3S. The Morgan fingerprint density at radius 1 is 1.00 bits per heavy atom. The van der Waals surface area contributed by atoms with Gasteiger partial charge in [-0.2, -0.15) is 0 Å². The van der Waals surface area contributed by atoms with E-state index in [1.807, 2.05) is 29.6 Å². The summed E-state index contributed by atoms with van der Waals surface area (Å²) in [5.41, 5.74) is 4.32. The fourth-order valence-corrected chi connectivity index (χ4v) is 4.61. The Balaban J connectivity index is 0.00000400. The van der Waals surface area contributed by atoms with Crippen LogP contribution >= 0.6 is 34.5 Å². The number of anilines is 1. The normalized spacial score (nSPS) is 12.4. The Morgan fingerprint density at radius 2 is 1.68 bits per heavy atom. The van der Waals surface area contributed by atoms with Crippen LogP contribution in [0.4, 0.5) is 5.69 Å². The molecule has 3 N–H and O–H groups in total. The van der Waals surface area contributed by atoms with Crippen molar-refractivity contribution < 1.29 is 14.7 Å². The first-order valence-electron chi connectivity index (χ1n) is 11.1. The summed E-state index contributed by atoms with van der Waals surface area (Å²) in [7, 11) is 0. The Bertz CT molecular complexity index is 1370. The standard InChI is InChI=1S/C26H21Cl2N5O3S.Na.H/c27-18-5-2-6-19(28)22(18)25(34)33-20(26(35)36)7-1-4-16-8-10-17(11-9-16)32-23(21-14-37-15-31-21)24-29-12-3-13-30-24;;/h1-6,8-15,20,23,32H,7H2,(H,33,34)(H,35,36);;/b4-1+;;. The van der Waals surface area contributed by atoms with Gasteiger partial charge in [0.05, 0.1) is 26.8 Å². The van der Waals surface area contributed by atoms with Crippen molar-refractivity contribution in [2.75, 3.05) is 5.32 Å². The molecule has 0 fully saturated rings. The van der Waals surface area contributed by atoms with Gasteiger partial charge in [0.2, 0.25) is 0 Å². The van der Waals surface area contributed by atoms with Gasteiger partial charge in [-0.25, -0.2) is 19.7 Å². The molecule has 4 rings (SSSR count). The molecule has 0 saturated carbocycles. The number of hydrogen-bond donors (Lipinski definition) is 3. The molecule has 0 saturated heterocycles. The quantitative estimate of drug-likeness (QED) is 0.225. The van der Waals surface area contributed by atoms with Gasteiger partial charge < -0.3 is 15.7 Å². The Hall–Kier alpha value is -2.79. The Labute approximate surface area is 255 Å². The summed E-state index contributed by atoms with van der Waals surface area (Å²) in [5, 5.41) is 17.7. The number of nitrogens with one attached hydrogen (secondary N) is 2. The van der Waals surface area contributed by atoms with E-state index in [1.165, 1.54) is 23.5 Å². The number of aromatic nitrogens is 3. The number of rotatable bonds is 10. The van der Waals surface area contributed by atoms with Crippen molar-refractivity contribution in [3.63, 3.8) is 0 Å². The summed E-state index contributed by atoms with van der Waals surface area (Å²) in [5.74, 6) is -1.21. The van der Waals surface area contributed by atoms with E-state index in [4.69, 9.17) is 23.2 Å². The minimum absolute atomic E-state index is 0. The molecule has 2 heterocycles. The third kappa shape index (κ3) is 7.86. The molecule has 8 nitrogen and oxygen atoms in total. The first kappa shape index (κ1) is 29.8.